The molecule has 0 aliphatic carbocycles. The largest absolute Gasteiger partial charge is 0.392 e. The second-order valence-electron chi connectivity index (χ2n) is 6.71. The Kier molecular flexibility index (Phi) is 4.38. The van der Waals surface area contributed by atoms with E-state index in [1.54, 1.807) is 0 Å². The van der Waals surface area contributed by atoms with Gasteiger partial charge in [-0.2, -0.15) is 0 Å². The first-order valence-corrected chi connectivity index (χ1v) is 8.74. The fourth-order valence-corrected chi connectivity index (χ4v) is 3.47. The van der Waals surface area contributed by atoms with Crippen molar-refractivity contribution in [3.63, 3.8) is 0 Å². The quantitative estimate of drug-likeness (QED) is 0.789. The predicted octanol–water partition coefficient (Wildman–Crippen LogP) is 3.75. The Morgan fingerprint density at radius 3 is 2.44 bits per heavy atom. The van der Waals surface area contributed by atoms with Crippen molar-refractivity contribution in [3.05, 3.63) is 65.9 Å². The summed E-state index contributed by atoms with van der Waals surface area (Å²) >= 11 is 0. The molecular weight excluding hydrogens is 312 g/mol. The van der Waals surface area contributed by atoms with Gasteiger partial charge in [0.15, 0.2) is 0 Å². The fourth-order valence-electron chi connectivity index (χ4n) is 3.47. The maximum Gasteiger partial charge on any atom is 0.143 e. The minimum Gasteiger partial charge on any atom is -0.392 e. The molecule has 128 valence electrons. The van der Waals surface area contributed by atoms with Gasteiger partial charge in [0.2, 0.25) is 0 Å². The molecule has 0 bridgehead atoms. The molecule has 0 radical (unpaired) electrons. The highest BCUT2D eigenvalue weighted by Crippen LogP contribution is 2.31. The molecule has 0 fully saturated rings. The molecule has 4 heteroatoms. The van der Waals surface area contributed by atoms with Gasteiger partial charge >= 0.3 is 0 Å². The topological polar surface area (TPSA) is 49.5 Å². The number of nitrogens with zero attached hydrogens (tertiary/aromatic N) is 2. The van der Waals surface area contributed by atoms with Gasteiger partial charge in [-0.25, -0.2) is 0 Å². The number of aliphatic hydroxyl groups is 1. The Morgan fingerprint density at radius 1 is 1.04 bits per heavy atom. The van der Waals surface area contributed by atoms with Crippen LogP contribution in [0.3, 0.4) is 0 Å². The smallest absolute Gasteiger partial charge is 0.143 e. The lowest BCUT2D eigenvalue weighted by atomic mass is 9.98. The predicted molar refractivity (Wildman–Crippen MR) is 98.0 cm³/mol. The van der Waals surface area contributed by atoms with E-state index in [9.17, 15) is 5.11 Å². The van der Waals surface area contributed by atoms with Crippen LogP contribution in [-0.2, 0) is 13.0 Å². The van der Waals surface area contributed by atoms with Crippen molar-refractivity contribution < 1.29 is 9.63 Å². The molecular formula is C21H22N2O2. The molecule has 4 nitrogen and oxygen atoms in total. The van der Waals surface area contributed by atoms with Gasteiger partial charge in [-0.3, -0.25) is 4.90 Å². The van der Waals surface area contributed by atoms with Crippen LogP contribution in [-0.4, -0.2) is 34.4 Å². The summed E-state index contributed by atoms with van der Waals surface area (Å²) in [6, 6.07) is 18.8. The second-order valence-corrected chi connectivity index (χ2v) is 6.71. The number of aromatic nitrogens is 1. The van der Waals surface area contributed by atoms with Crippen molar-refractivity contribution in [1.82, 2.24) is 10.1 Å². The third-order valence-corrected chi connectivity index (χ3v) is 4.69. The van der Waals surface area contributed by atoms with E-state index in [4.69, 9.17) is 4.52 Å². The normalized spacial score (nSPS) is 15.8. The van der Waals surface area contributed by atoms with Crippen LogP contribution < -0.4 is 0 Å². The minimum atomic E-state index is -0.324. The van der Waals surface area contributed by atoms with Crippen molar-refractivity contribution in [3.8, 4) is 22.4 Å². The van der Waals surface area contributed by atoms with E-state index < -0.39 is 0 Å². The summed E-state index contributed by atoms with van der Waals surface area (Å²) in [6.07, 6.45) is 0.520. The van der Waals surface area contributed by atoms with Crippen LogP contribution in [0.25, 0.3) is 22.4 Å². The van der Waals surface area contributed by atoms with Crippen LogP contribution in [0, 0.1) is 0 Å². The maximum atomic E-state index is 9.65. The Hall–Kier alpha value is -2.43. The van der Waals surface area contributed by atoms with E-state index in [0.29, 0.717) is 6.54 Å². The lowest BCUT2D eigenvalue weighted by Gasteiger charge is -2.27. The van der Waals surface area contributed by atoms with Crippen molar-refractivity contribution in [2.24, 2.45) is 0 Å². The monoisotopic (exact) mass is 334 g/mol. The molecule has 1 aliphatic heterocycles. The van der Waals surface area contributed by atoms with E-state index in [1.807, 2.05) is 25.1 Å². The zero-order chi connectivity index (χ0) is 17.2. The van der Waals surface area contributed by atoms with Gasteiger partial charge < -0.3 is 9.63 Å². The first-order valence-electron chi connectivity index (χ1n) is 8.74. The van der Waals surface area contributed by atoms with Gasteiger partial charge in [-0.1, -0.05) is 59.8 Å². The second kappa shape index (κ2) is 6.82. The minimum absolute atomic E-state index is 0.324. The SMILES string of the molecule is CC(O)CN1CCc2onc(-c3ccc(-c4ccccc4)cc3)c2C1. The number of β-amino-alcohol motifs (C(OH)–C–C–N with tert-alkyl or cyclic N) is 1. The highest BCUT2D eigenvalue weighted by molar-refractivity contribution is 5.70. The standard InChI is InChI=1S/C21H22N2O2/c1-15(24)13-23-12-11-20-19(14-23)21(22-25-20)18-9-7-17(8-10-18)16-5-3-2-4-6-16/h2-10,15,24H,11-14H2,1H3. The number of aliphatic hydroxyl groups excluding tert-OH is 1. The Labute approximate surface area is 147 Å². The zero-order valence-corrected chi connectivity index (χ0v) is 14.4. The van der Waals surface area contributed by atoms with Gasteiger partial charge in [0.1, 0.15) is 11.5 Å². The molecule has 1 unspecified atom stereocenters. The number of hydrogen-bond acceptors (Lipinski definition) is 4. The van der Waals surface area contributed by atoms with Crippen LogP contribution in [0.15, 0.2) is 59.1 Å². The van der Waals surface area contributed by atoms with Crippen molar-refractivity contribution in [1.29, 1.82) is 0 Å². The summed E-state index contributed by atoms with van der Waals surface area (Å²) in [6.45, 7) is 4.18. The number of rotatable bonds is 4. The highest BCUT2D eigenvalue weighted by Gasteiger charge is 2.25. The number of benzene rings is 2. The van der Waals surface area contributed by atoms with Crippen LogP contribution >= 0.6 is 0 Å². The van der Waals surface area contributed by atoms with Crippen LogP contribution in [0.2, 0.25) is 0 Å². The van der Waals surface area contributed by atoms with Gasteiger partial charge in [-0.15, -0.1) is 0 Å². The molecule has 2 aromatic carbocycles. The van der Waals surface area contributed by atoms with Crippen molar-refractivity contribution >= 4 is 0 Å². The van der Waals surface area contributed by atoms with Crippen molar-refractivity contribution in [2.45, 2.75) is 26.0 Å². The molecule has 0 amide bonds. The molecule has 0 saturated heterocycles. The summed E-state index contributed by atoms with van der Waals surface area (Å²) in [7, 11) is 0. The first kappa shape index (κ1) is 16.1. The van der Waals surface area contributed by atoms with Gasteiger partial charge in [0.25, 0.3) is 0 Å². The van der Waals surface area contributed by atoms with E-state index in [2.05, 4.69) is 46.5 Å². The number of hydrogen-bond donors (Lipinski definition) is 1. The average molecular weight is 334 g/mol. The zero-order valence-electron chi connectivity index (χ0n) is 14.4. The molecule has 2 heterocycles. The van der Waals surface area contributed by atoms with E-state index in [1.165, 1.54) is 11.1 Å². The molecule has 0 saturated carbocycles. The summed E-state index contributed by atoms with van der Waals surface area (Å²) in [5, 5.41) is 14.0. The van der Waals surface area contributed by atoms with Crippen LogP contribution in [0.5, 0.6) is 0 Å². The third-order valence-electron chi connectivity index (χ3n) is 4.69. The van der Waals surface area contributed by atoms with Gasteiger partial charge in [0, 0.05) is 37.2 Å². The third kappa shape index (κ3) is 3.36. The molecule has 4 rings (SSSR count). The molecule has 1 aromatic heterocycles. The van der Waals surface area contributed by atoms with E-state index >= 15 is 0 Å². The highest BCUT2D eigenvalue weighted by atomic mass is 16.5. The summed E-state index contributed by atoms with van der Waals surface area (Å²) < 4.78 is 5.57. The van der Waals surface area contributed by atoms with Crippen LogP contribution in [0.1, 0.15) is 18.2 Å². The van der Waals surface area contributed by atoms with Crippen molar-refractivity contribution in [2.75, 3.05) is 13.1 Å². The Morgan fingerprint density at radius 2 is 1.72 bits per heavy atom. The average Bonchev–Trinajstić information content (AvgIpc) is 3.05. The molecule has 0 spiro atoms. The Bertz CT molecular complexity index is 838. The summed E-state index contributed by atoms with van der Waals surface area (Å²) in [5.74, 6) is 0.976. The molecule has 1 N–H and O–H groups in total. The maximum absolute atomic E-state index is 9.65. The Balaban J connectivity index is 1.60. The summed E-state index contributed by atoms with van der Waals surface area (Å²) in [4.78, 5) is 2.26. The van der Waals surface area contributed by atoms with E-state index in [-0.39, 0.29) is 6.10 Å². The number of fused-ring (bicyclic) bond motifs is 1. The molecule has 3 aromatic rings. The lowest BCUT2D eigenvalue weighted by molar-refractivity contribution is 0.116. The van der Waals surface area contributed by atoms with E-state index in [0.717, 1.165) is 42.1 Å². The van der Waals surface area contributed by atoms with Gasteiger partial charge in [-0.05, 0) is 18.1 Å². The lowest BCUT2D eigenvalue weighted by Crippen LogP contribution is -2.35. The molecule has 1 aliphatic rings. The summed E-state index contributed by atoms with van der Waals surface area (Å²) in [5.41, 5.74) is 5.55. The molecule has 25 heavy (non-hydrogen) atoms. The van der Waals surface area contributed by atoms with Crippen LogP contribution in [0.4, 0.5) is 0 Å². The van der Waals surface area contributed by atoms with Gasteiger partial charge in [0.05, 0.1) is 6.10 Å². The first-order chi connectivity index (χ1) is 12.2. The molecule has 1 atom stereocenters. The fraction of sp³-hybridized carbons (Fsp3) is 0.286.